The molecular formula is C14H25NO4. The lowest BCUT2D eigenvalue weighted by molar-refractivity contribution is -0.155. The highest BCUT2D eigenvalue weighted by Gasteiger charge is 2.52. The average Bonchev–Trinajstić information content (AvgIpc) is 3.28. The Hall–Kier alpha value is -0.650. The Bertz CT molecular complexity index is 300. The maximum atomic E-state index is 12.2. The van der Waals surface area contributed by atoms with E-state index in [4.69, 9.17) is 14.2 Å². The lowest BCUT2D eigenvalue weighted by Crippen LogP contribution is -2.58. The molecule has 1 unspecified atom stereocenters. The molecule has 2 fully saturated rings. The first-order chi connectivity index (χ1) is 9.23. The van der Waals surface area contributed by atoms with Crippen molar-refractivity contribution in [2.24, 2.45) is 5.92 Å². The van der Waals surface area contributed by atoms with Crippen molar-refractivity contribution in [2.75, 3.05) is 33.5 Å². The molecule has 19 heavy (non-hydrogen) atoms. The van der Waals surface area contributed by atoms with Gasteiger partial charge in [-0.1, -0.05) is 6.92 Å². The van der Waals surface area contributed by atoms with Crippen LogP contribution in [-0.2, 0) is 19.0 Å². The van der Waals surface area contributed by atoms with E-state index in [0.29, 0.717) is 12.5 Å². The van der Waals surface area contributed by atoms with Gasteiger partial charge in [-0.15, -0.1) is 0 Å². The molecule has 110 valence electrons. The number of methoxy groups -OCH3 is 1. The molecule has 1 aliphatic heterocycles. The van der Waals surface area contributed by atoms with Crippen molar-refractivity contribution in [1.29, 1.82) is 0 Å². The predicted octanol–water partition coefficient (Wildman–Crippen LogP) is 1.11. The van der Waals surface area contributed by atoms with Crippen LogP contribution in [0.25, 0.3) is 0 Å². The summed E-state index contributed by atoms with van der Waals surface area (Å²) >= 11 is 0. The van der Waals surface area contributed by atoms with Crippen LogP contribution in [0.3, 0.4) is 0 Å². The summed E-state index contributed by atoms with van der Waals surface area (Å²) in [6.45, 7) is 4.65. The molecule has 0 aromatic heterocycles. The monoisotopic (exact) mass is 271 g/mol. The number of nitrogens with one attached hydrogen (secondary N) is 1. The van der Waals surface area contributed by atoms with Crippen LogP contribution >= 0.6 is 0 Å². The fourth-order valence-electron chi connectivity index (χ4n) is 2.78. The number of rotatable bonds is 7. The molecule has 0 aromatic rings. The highest BCUT2D eigenvalue weighted by Crippen LogP contribution is 2.41. The van der Waals surface area contributed by atoms with Crippen LogP contribution in [0.4, 0.5) is 0 Å². The van der Waals surface area contributed by atoms with E-state index < -0.39 is 5.54 Å². The van der Waals surface area contributed by atoms with Gasteiger partial charge in [-0.25, -0.2) is 4.79 Å². The van der Waals surface area contributed by atoms with E-state index >= 15 is 0 Å². The summed E-state index contributed by atoms with van der Waals surface area (Å²) in [5.41, 5.74) is -0.651. The molecule has 1 atom stereocenters. The topological polar surface area (TPSA) is 56.8 Å². The third-order valence-electron chi connectivity index (χ3n) is 4.03. The van der Waals surface area contributed by atoms with E-state index in [0.717, 1.165) is 45.4 Å². The number of hydrogen-bond acceptors (Lipinski definition) is 5. The van der Waals surface area contributed by atoms with Gasteiger partial charge in [0.15, 0.2) is 0 Å². The maximum Gasteiger partial charge on any atom is 0.328 e. The number of esters is 1. The van der Waals surface area contributed by atoms with Crippen LogP contribution < -0.4 is 5.32 Å². The molecule has 1 heterocycles. The number of carbonyl (C=O) groups excluding carboxylic acids is 1. The van der Waals surface area contributed by atoms with E-state index in [9.17, 15) is 4.79 Å². The van der Waals surface area contributed by atoms with Crippen molar-refractivity contribution in [3.05, 3.63) is 0 Å². The Balaban J connectivity index is 1.97. The standard InChI is InChI=1S/C14H25NO4/c1-3-15-14(11-4-5-11,13(16)17-2)10-19-12-6-8-18-9-7-12/h11-12,15H,3-10H2,1-2H3. The van der Waals surface area contributed by atoms with Crippen LogP contribution in [0.1, 0.15) is 32.6 Å². The van der Waals surface area contributed by atoms with Crippen LogP contribution in [0.15, 0.2) is 0 Å². The lowest BCUT2D eigenvalue weighted by Gasteiger charge is -2.34. The minimum absolute atomic E-state index is 0.191. The van der Waals surface area contributed by atoms with Gasteiger partial charge in [0.05, 0.1) is 19.8 Å². The molecule has 1 saturated heterocycles. The van der Waals surface area contributed by atoms with Gasteiger partial charge in [0.2, 0.25) is 0 Å². The summed E-state index contributed by atoms with van der Waals surface area (Å²) in [7, 11) is 1.45. The molecular weight excluding hydrogens is 246 g/mol. The molecule has 5 nitrogen and oxygen atoms in total. The highest BCUT2D eigenvalue weighted by molar-refractivity contribution is 5.82. The molecule has 1 N–H and O–H groups in total. The molecule has 1 saturated carbocycles. The van der Waals surface area contributed by atoms with Gasteiger partial charge >= 0.3 is 5.97 Å². The first kappa shape index (κ1) is 14.8. The average molecular weight is 271 g/mol. The minimum Gasteiger partial charge on any atom is -0.468 e. The lowest BCUT2D eigenvalue weighted by atomic mass is 9.93. The molecule has 0 radical (unpaired) electrons. The Morgan fingerprint density at radius 3 is 2.53 bits per heavy atom. The van der Waals surface area contributed by atoms with Gasteiger partial charge in [0.25, 0.3) is 0 Å². The third kappa shape index (κ3) is 3.46. The van der Waals surface area contributed by atoms with Crippen LogP contribution in [-0.4, -0.2) is 51.1 Å². The fraction of sp³-hybridized carbons (Fsp3) is 0.929. The molecule has 2 aliphatic rings. The normalized spacial score (nSPS) is 23.9. The molecule has 0 spiro atoms. The van der Waals surface area contributed by atoms with Gasteiger partial charge in [-0.05, 0) is 38.1 Å². The summed E-state index contributed by atoms with van der Waals surface area (Å²) in [5, 5.41) is 3.32. The van der Waals surface area contributed by atoms with Crippen molar-refractivity contribution in [2.45, 2.75) is 44.2 Å². The Kier molecular flexibility index (Phi) is 5.19. The van der Waals surface area contributed by atoms with Gasteiger partial charge in [-0.3, -0.25) is 5.32 Å². The zero-order valence-corrected chi connectivity index (χ0v) is 11.9. The van der Waals surface area contributed by atoms with Gasteiger partial charge in [0.1, 0.15) is 5.54 Å². The van der Waals surface area contributed by atoms with Crippen LogP contribution in [0.5, 0.6) is 0 Å². The molecule has 0 aromatic carbocycles. The number of likely N-dealkylation sites (N-methyl/N-ethyl adjacent to an activating group) is 1. The summed E-state index contributed by atoms with van der Waals surface area (Å²) in [5.74, 6) is 0.156. The second-order valence-corrected chi connectivity index (χ2v) is 5.39. The van der Waals surface area contributed by atoms with E-state index in [1.54, 1.807) is 0 Å². The number of ether oxygens (including phenoxy) is 3. The molecule has 1 aliphatic carbocycles. The van der Waals surface area contributed by atoms with E-state index in [1.165, 1.54) is 7.11 Å². The van der Waals surface area contributed by atoms with Gasteiger partial charge in [0, 0.05) is 13.2 Å². The van der Waals surface area contributed by atoms with E-state index in [2.05, 4.69) is 5.32 Å². The van der Waals surface area contributed by atoms with Gasteiger partial charge in [-0.2, -0.15) is 0 Å². The highest BCUT2D eigenvalue weighted by atomic mass is 16.5. The Morgan fingerprint density at radius 1 is 1.32 bits per heavy atom. The molecule has 5 heteroatoms. The number of carbonyl (C=O) groups is 1. The van der Waals surface area contributed by atoms with Crippen molar-refractivity contribution in [3.8, 4) is 0 Å². The molecule has 0 bridgehead atoms. The first-order valence-corrected chi connectivity index (χ1v) is 7.25. The SMILES string of the molecule is CCNC(COC1CCOCC1)(C(=O)OC)C1CC1. The summed E-state index contributed by atoms with van der Waals surface area (Å²) in [6, 6.07) is 0. The zero-order chi connectivity index (χ0) is 13.7. The van der Waals surface area contributed by atoms with Gasteiger partial charge < -0.3 is 14.2 Å². The minimum atomic E-state index is -0.651. The molecule has 0 amide bonds. The fourth-order valence-corrected chi connectivity index (χ4v) is 2.78. The number of hydrogen-bond donors (Lipinski definition) is 1. The van der Waals surface area contributed by atoms with E-state index in [1.807, 2.05) is 6.92 Å². The summed E-state index contributed by atoms with van der Waals surface area (Å²) in [4.78, 5) is 12.2. The summed E-state index contributed by atoms with van der Waals surface area (Å²) in [6.07, 6.45) is 4.16. The zero-order valence-electron chi connectivity index (χ0n) is 11.9. The smallest absolute Gasteiger partial charge is 0.328 e. The Morgan fingerprint density at radius 2 is 2.00 bits per heavy atom. The maximum absolute atomic E-state index is 12.2. The second-order valence-electron chi connectivity index (χ2n) is 5.39. The molecule has 2 rings (SSSR count). The van der Waals surface area contributed by atoms with Crippen molar-refractivity contribution < 1.29 is 19.0 Å². The predicted molar refractivity (Wildman–Crippen MR) is 70.9 cm³/mol. The van der Waals surface area contributed by atoms with Crippen molar-refractivity contribution in [3.63, 3.8) is 0 Å². The van der Waals surface area contributed by atoms with Crippen LogP contribution in [0.2, 0.25) is 0 Å². The first-order valence-electron chi connectivity index (χ1n) is 7.25. The largest absolute Gasteiger partial charge is 0.468 e. The van der Waals surface area contributed by atoms with E-state index in [-0.39, 0.29) is 12.1 Å². The second kappa shape index (κ2) is 6.68. The summed E-state index contributed by atoms with van der Waals surface area (Å²) < 4.78 is 16.3. The van der Waals surface area contributed by atoms with Crippen molar-refractivity contribution in [1.82, 2.24) is 5.32 Å². The van der Waals surface area contributed by atoms with Crippen LogP contribution in [0, 0.1) is 5.92 Å². The van der Waals surface area contributed by atoms with Crippen molar-refractivity contribution >= 4 is 5.97 Å². The quantitative estimate of drug-likeness (QED) is 0.703. The third-order valence-corrected chi connectivity index (χ3v) is 4.03. The Labute approximate surface area is 115 Å².